The number of para-hydroxylation sites is 1. The quantitative estimate of drug-likeness (QED) is 0.680. The average molecular weight is 478 g/mol. The lowest BCUT2D eigenvalue weighted by Crippen LogP contribution is -2.43. The normalized spacial score (nSPS) is 24.0. The van der Waals surface area contributed by atoms with Crippen LogP contribution in [-0.4, -0.2) is 31.2 Å². The molecule has 3 atom stereocenters. The molecule has 6 nitrogen and oxygen atoms in total. The van der Waals surface area contributed by atoms with Crippen LogP contribution in [0, 0.1) is 17.2 Å². The number of alkyl halides is 3. The van der Waals surface area contributed by atoms with Crippen molar-refractivity contribution < 1.29 is 31.1 Å². The maximum atomic E-state index is 13.5. The Morgan fingerprint density at radius 3 is 2.30 bits per heavy atom. The number of nitrogens with one attached hydrogen (secondary N) is 1. The highest BCUT2D eigenvalue weighted by Gasteiger charge is 2.51. The van der Waals surface area contributed by atoms with Crippen LogP contribution in [0.5, 0.6) is 5.75 Å². The second-order valence-electron chi connectivity index (χ2n) is 8.39. The molecule has 0 heterocycles. The molecule has 2 aliphatic rings. The van der Waals surface area contributed by atoms with E-state index in [2.05, 4.69) is 5.32 Å². The summed E-state index contributed by atoms with van der Waals surface area (Å²) in [5.41, 5.74) is -2.20. The minimum absolute atomic E-state index is 0.152. The molecule has 33 heavy (non-hydrogen) atoms. The van der Waals surface area contributed by atoms with Crippen molar-refractivity contribution in [2.24, 2.45) is 5.92 Å². The van der Waals surface area contributed by atoms with E-state index in [0.29, 0.717) is 18.6 Å². The summed E-state index contributed by atoms with van der Waals surface area (Å²) in [5, 5.41) is 10.7. The smallest absolute Gasteiger partial charge is 0.417 e. The van der Waals surface area contributed by atoms with Crippen molar-refractivity contribution in [2.75, 3.05) is 0 Å². The van der Waals surface area contributed by atoms with E-state index >= 15 is 0 Å². The first-order valence-electron chi connectivity index (χ1n) is 10.4. The second-order valence-corrected chi connectivity index (χ2v) is 10.6. The van der Waals surface area contributed by atoms with Gasteiger partial charge in [-0.2, -0.15) is 18.4 Å². The number of hydrogen-bond donors (Lipinski definition) is 1. The van der Waals surface area contributed by atoms with Crippen LogP contribution in [0.25, 0.3) is 0 Å². The molecular formula is C23H21F3N2O4S. The fourth-order valence-electron chi connectivity index (χ4n) is 4.13. The molecule has 2 saturated carbocycles. The van der Waals surface area contributed by atoms with Gasteiger partial charge in [-0.1, -0.05) is 30.3 Å². The third-order valence-electron chi connectivity index (χ3n) is 6.09. The first-order chi connectivity index (χ1) is 15.6. The summed E-state index contributed by atoms with van der Waals surface area (Å²) in [6, 6.07) is 14.6. The zero-order valence-corrected chi connectivity index (χ0v) is 18.2. The number of rotatable bonds is 6. The Morgan fingerprint density at radius 1 is 1.06 bits per heavy atom. The van der Waals surface area contributed by atoms with E-state index in [1.807, 2.05) is 6.07 Å². The molecule has 0 unspecified atom stereocenters. The number of nitriles is 1. The zero-order chi connectivity index (χ0) is 23.9. The van der Waals surface area contributed by atoms with Gasteiger partial charge in [0.2, 0.25) is 5.91 Å². The lowest BCUT2D eigenvalue weighted by atomic mass is 10.0. The van der Waals surface area contributed by atoms with Gasteiger partial charge in [0.1, 0.15) is 17.4 Å². The zero-order valence-electron chi connectivity index (χ0n) is 17.4. The van der Waals surface area contributed by atoms with Crippen molar-refractivity contribution >= 4 is 15.7 Å². The van der Waals surface area contributed by atoms with Crippen molar-refractivity contribution in [3.63, 3.8) is 0 Å². The van der Waals surface area contributed by atoms with Gasteiger partial charge in [-0.25, -0.2) is 8.42 Å². The number of sulfone groups is 1. The van der Waals surface area contributed by atoms with Gasteiger partial charge in [-0.15, -0.1) is 0 Å². The number of nitrogens with zero attached hydrogens (tertiary/aromatic N) is 1. The summed E-state index contributed by atoms with van der Waals surface area (Å²) in [6.07, 6.45) is -5.09. The predicted octanol–water partition coefficient (Wildman–Crippen LogP) is 3.88. The van der Waals surface area contributed by atoms with Crippen LogP contribution in [0.3, 0.4) is 0 Å². The fourth-order valence-corrected chi connectivity index (χ4v) is 6.16. The Morgan fingerprint density at radius 2 is 1.70 bits per heavy atom. The van der Waals surface area contributed by atoms with Gasteiger partial charge in [0.05, 0.1) is 27.7 Å². The van der Waals surface area contributed by atoms with Crippen molar-refractivity contribution in [1.29, 1.82) is 5.26 Å². The molecule has 0 saturated heterocycles. The van der Waals surface area contributed by atoms with Gasteiger partial charge in [-0.3, -0.25) is 4.79 Å². The van der Waals surface area contributed by atoms with E-state index in [1.54, 1.807) is 30.3 Å². The van der Waals surface area contributed by atoms with E-state index in [9.17, 15) is 31.6 Å². The van der Waals surface area contributed by atoms with Gasteiger partial charge < -0.3 is 10.1 Å². The SMILES string of the molecule is N#CC1(NC(=O)[C@H]2C[C@H](S(=O)(=O)c3ccccc3C(F)(F)F)C[C@@H]2Oc2ccccc2)CC1. The molecule has 1 N–H and O–H groups in total. The molecule has 2 fully saturated rings. The highest BCUT2D eigenvalue weighted by atomic mass is 32.2. The van der Waals surface area contributed by atoms with E-state index < -0.39 is 55.2 Å². The van der Waals surface area contributed by atoms with Crippen LogP contribution in [-0.2, 0) is 20.8 Å². The summed E-state index contributed by atoms with van der Waals surface area (Å²) in [7, 11) is -4.42. The van der Waals surface area contributed by atoms with Crippen LogP contribution in [0.1, 0.15) is 31.2 Å². The highest BCUT2D eigenvalue weighted by Crippen LogP contribution is 2.42. The van der Waals surface area contributed by atoms with Crippen molar-refractivity contribution in [2.45, 2.75) is 53.6 Å². The maximum Gasteiger partial charge on any atom is 0.417 e. The predicted molar refractivity (Wildman–Crippen MR) is 112 cm³/mol. The summed E-state index contributed by atoms with van der Waals surface area (Å²) >= 11 is 0. The first kappa shape index (κ1) is 23.1. The first-order valence-corrected chi connectivity index (χ1v) is 12.0. The van der Waals surface area contributed by atoms with E-state index in [1.165, 1.54) is 6.07 Å². The Balaban J connectivity index is 1.65. The van der Waals surface area contributed by atoms with Crippen molar-refractivity contribution in [3.05, 3.63) is 60.2 Å². The van der Waals surface area contributed by atoms with Gasteiger partial charge in [0.15, 0.2) is 9.84 Å². The number of ether oxygens (including phenoxy) is 1. The number of carbonyl (C=O) groups is 1. The molecule has 2 aromatic carbocycles. The fraction of sp³-hybridized carbons (Fsp3) is 0.391. The molecule has 0 bridgehead atoms. The molecule has 0 radical (unpaired) electrons. The molecule has 0 spiro atoms. The van der Waals surface area contributed by atoms with E-state index in [-0.39, 0.29) is 12.8 Å². The standard InChI is InChI=1S/C23H21F3N2O4S/c24-23(25,26)18-8-4-5-9-20(18)33(30,31)16-12-17(21(29)28-22(14-27)10-11-22)19(13-16)32-15-6-2-1-3-7-15/h1-9,16-17,19H,10-13H2,(H,28,29)/t16-,17-,19-/m0/s1. The Labute approximate surface area is 189 Å². The topological polar surface area (TPSA) is 96.3 Å². The second kappa shape index (κ2) is 8.37. The largest absolute Gasteiger partial charge is 0.490 e. The lowest BCUT2D eigenvalue weighted by Gasteiger charge is -2.21. The van der Waals surface area contributed by atoms with Crippen LogP contribution in [0.15, 0.2) is 59.5 Å². The number of amides is 1. The molecule has 0 aliphatic heterocycles. The Kier molecular flexibility index (Phi) is 5.86. The number of hydrogen-bond acceptors (Lipinski definition) is 5. The van der Waals surface area contributed by atoms with Crippen molar-refractivity contribution in [3.8, 4) is 11.8 Å². The van der Waals surface area contributed by atoms with Gasteiger partial charge in [0.25, 0.3) is 0 Å². The third kappa shape index (κ3) is 4.69. The molecule has 1 amide bonds. The Bertz CT molecular complexity index is 1190. The van der Waals surface area contributed by atoms with Gasteiger partial charge in [0, 0.05) is 6.42 Å². The van der Waals surface area contributed by atoms with Crippen LogP contribution >= 0.6 is 0 Å². The highest BCUT2D eigenvalue weighted by molar-refractivity contribution is 7.92. The average Bonchev–Trinajstić information content (AvgIpc) is 3.42. The number of benzene rings is 2. The van der Waals surface area contributed by atoms with E-state index in [0.717, 1.165) is 18.2 Å². The molecule has 10 heteroatoms. The van der Waals surface area contributed by atoms with Crippen molar-refractivity contribution in [1.82, 2.24) is 5.32 Å². The monoisotopic (exact) mass is 478 g/mol. The van der Waals surface area contributed by atoms with Crippen LogP contribution < -0.4 is 10.1 Å². The van der Waals surface area contributed by atoms with Crippen LogP contribution in [0.4, 0.5) is 13.2 Å². The minimum Gasteiger partial charge on any atom is -0.490 e. The van der Waals surface area contributed by atoms with Gasteiger partial charge in [-0.05, 0) is 43.5 Å². The van der Waals surface area contributed by atoms with Gasteiger partial charge >= 0.3 is 6.18 Å². The summed E-state index contributed by atoms with van der Waals surface area (Å²) < 4.78 is 72.9. The molecule has 0 aromatic heterocycles. The Hall–Kier alpha value is -3.06. The molecule has 2 aromatic rings. The molecular weight excluding hydrogens is 457 g/mol. The molecule has 2 aliphatic carbocycles. The summed E-state index contributed by atoms with van der Waals surface area (Å²) in [4.78, 5) is 12.2. The molecule has 4 rings (SSSR count). The number of carbonyl (C=O) groups excluding carboxylic acids is 1. The van der Waals surface area contributed by atoms with E-state index in [4.69, 9.17) is 4.74 Å². The van der Waals surface area contributed by atoms with Crippen LogP contribution in [0.2, 0.25) is 0 Å². The summed E-state index contributed by atoms with van der Waals surface area (Å²) in [5.74, 6) is -1.05. The minimum atomic E-state index is -4.84. The number of halogens is 3. The third-order valence-corrected chi connectivity index (χ3v) is 8.32. The lowest BCUT2D eigenvalue weighted by molar-refractivity contribution is -0.139. The molecule has 174 valence electrons. The summed E-state index contributed by atoms with van der Waals surface area (Å²) in [6.45, 7) is 0. The maximum absolute atomic E-state index is 13.5.